The Balaban J connectivity index is 1.22. The van der Waals surface area contributed by atoms with E-state index in [9.17, 15) is 48.7 Å². The van der Waals surface area contributed by atoms with Crippen LogP contribution in [-0.4, -0.2) is 146 Å². The largest absolute Gasteiger partial charge is 0.464 e. The van der Waals surface area contributed by atoms with Crippen molar-refractivity contribution in [2.75, 3.05) is 88.9 Å². The fraction of sp³-hybridized carbons (Fsp3) is 0.500. The van der Waals surface area contributed by atoms with Gasteiger partial charge >= 0.3 is 5.97 Å². The van der Waals surface area contributed by atoms with Crippen molar-refractivity contribution in [3.63, 3.8) is 0 Å². The predicted octanol–water partition coefficient (Wildman–Crippen LogP) is 3.11. The van der Waals surface area contributed by atoms with E-state index in [4.69, 9.17) is 32.8 Å². The number of anilines is 1. The maximum atomic E-state index is 12.3. The minimum absolute atomic E-state index is 0.00875. The van der Waals surface area contributed by atoms with E-state index in [-0.39, 0.29) is 109 Å². The molecular weight excluding hydrogens is 955 g/mol. The van der Waals surface area contributed by atoms with Gasteiger partial charge in [-0.25, -0.2) is 9.37 Å². The Bertz CT molecular complexity index is 2680. The van der Waals surface area contributed by atoms with E-state index in [0.717, 1.165) is 16.5 Å². The number of imide groups is 1. The summed E-state index contributed by atoms with van der Waals surface area (Å²) in [6.07, 6.45) is 7.31. The Morgan fingerprint density at radius 2 is 1.43 bits per heavy atom. The lowest BCUT2D eigenvalue weighted by Gasteiger charge is -2.30. The summed E-state index contributed by atoms with van der Waals surface area (Å²) in [4.78, 5) is 41.3. The SMILES string of the molecule is CC[N+](CCCS(=O)(=O)O)=c1ccc2c(/C=C/C=C3/N(CCOCCOCCOCCOCCC(=O)ON4C(=O)CCC4=O)c4ccc(S(=O)(=O)O)cc4C3(C)CCCS(=O)(=O)O)ccoc-2c1. The van der Waals surface area contributed by atoms with E-state index in [1.165, 1.54) is 18.4 Å². The Kier molecular flexibility index (Phi) is 19.6. The van der Waals surface area contributed by atoms with Crippen LogP contribution in [0.15, 0.2) is 75.9 Å². The van der Waals surface area contributed by atoms with Gasteiger partial charge in [0.25, 0.3) is 42.2 Å². The lowest BCUT2D eigenvalue weighted by Crippen LogP contribution is -2.32. The Labute approximate surface area is 395 Å². The molecule has 1 aliphatic carbocycles. The minimum Gasteiger partial charge on any atom is -0.464 e. The summed E-state index contributed by atoms with van der Waals surface area (Å²) in [7, 11) is -13.0. The summed E-state index contributed by atoms with van der Waals surface area (Å²) in [6, 6.07) is 11.6. The van der Waals surface area contributed by atoms with E-state index >= 15 is 0 Å². The van der Waals surface area contributed by atoms with Crippen molar-refractivity contribution in [3.8, 4) is 11.3 Å². The summed E-state index contributed by atoms with van der Waals surface area (Å²) in [5.41, 5.74) is 2.32. The van der Waals surface area contributed by atoms with Crippen LogP contribution >= 0.6 is 0 Å². The average molecular weight is 1010 g/mol. The molecule has 68 heavy (non-hydrogen) atoms. The molecule has 0 radical (unpaired) electrons. The number of benzene rings is 2. The van der Waals surface area contributed by atoms with Crippen LogP contribution in [0.5, 0.6) is 0 Å². The lowest BCUT2D eigenvalue weighted by atomic mass is 9.77. The molecule has 0 bridgehead atoms. The van der Waals surface area contributed by atoms with Crippen LogP contribution < -0.4 is 14.8 Å². The zero-order valence-electron chi connectivity index (χ0n) is 37.8. The second-order valence-electron chi connectivity index (χ2n) is 16.0. The van der Waals surface area contributed by atoms with Gasteiger partial charge in [0.05, 0.1) is 88.0 Å². The van der Waals surface area contributed by atoms with E-state index in [1.54, 1.807) is 18.2 Å². The average Bonchev–Trinajstić information content (AvgIpc) is 3.70. The summed E-state index contributed by atoms with van der Waals surface area (Å²) in [5, 5.41) is 1.28. The van der Waals surface area contributed by atoms with Crippen LogP contribution in [0.25, 0.3) is 17.4 Å². The number of fused-ring (bicyclic) bond motifs is 2. The molecule has 1 aromatic rings. The summed E-state index contributed by atoms with van der Waals surface area (Å²) < 4.78 is 130. The van der Waals surface area contributed by atoms with Gasteiger partial charge in [-0.05, 0) is 74.2 Å². The van der Waals surface area contributed by atoms with Gasteiger partial charge in [0.2, 0.25) is 5.36 Å². The van der Waals surface area contributed by atoms with Crippen LogP contribution in [-0.2, 0) is 73.9 Å². The highest BCUT2D eigenvalue weighted by molar-refractivity contribution is 7.86. The highest BCUT2D eigenvalue weighted by Gasteiger charge is 2.44. The zero-order valence-corrected chi connectivity index (χ0v) is 40.3. The number of amides is 2. The summed E-state index contributed by atoms with van der Waals surface area (Å²) >= 11 is 0. The number of hydrogen-bond donors (Lipinski definition) is 3. The van der Waals surface area contributed by atoms with Crippen molar-refractivity contribution >= 4 is 59.9 Å². The minimum atomic E-state index is -4.62. The molecule has 3 heterocycles. The molecule has 21 nitrogen and oxygen atoms in total. The first-order valence-electron chi connectivity index (χ1n) is 21.9. The molecule has 374 valence electrons. The molecule has 1 aromatic carbocycles. The fourth-order valence-electron chi connectivity index (χ4n) is 7.79. The van der Waals surface area contributed by atoms with Crippen LogP contribution in [0.4, 0.5) is 5.69 Å². The molecule has 2 amide bonds. The van der Waals surface area contributed by atoms with E-state index in [1.807, 2.05) is 53.7 Å². The Morgan fingerprint density at radius 1 is 0.809 bits per heavy atom. The van der Waals surface area contributed by atoms with Gasteiger partial charge in [-0.1, -0.05) is 12.2 Å². The molecule has 0 spiro atoms. The van der Waals surface area contributed by atoms with Gasteiger partial charge in [0.15, 0.2) is 0 Å². The molecule has 3 aliphatic heterocycles. The third-order valence-electron chi connectivity index (χ3n) is 11.1. The number of allylic oxidation sites excluding steroid dienone is 3. The predicted molar refractivity (Wildman–Crippen MR) is 246 cm³/mol. The number of rotatable bonds is 28. The van der Waals surface area contributed by atoms with Gasteiger partial charge in [-0.15, -0.1) is 5.06 Å². The molecule has 0 saturated carbocycles. The van der Waals surface area contributed by atoms with E-state index in [0.29, 0.717) is 40.9 Å². The summed E-state index contributed by atoms with van der Waals surface area (Å²) in [6.45, 7) is 6.58. The first-order chi connectivity index (χ1) is 32.2. The molecule has 1 saturated heterocycles. The molecule has 24 heteroatoms. The highest BCUT2D eigenvalue weighted by atomic mass is 32.2. The van der Waals surface area contributed by atoms with Crippen molar-refractivity contribution in [1.29, 1.82) is 0 Å². The topological polar surface area (TPSA) is 283 Å². The third-order valence-corrected chi connectivity index (χ3v) is 13.6. The number of carbonyl (C=O) groups is 3. The van der Waals surface area contributed by atoms with Crippen LogP contribution in [0.3, 0.4) is 0 Å². The highest BCUT2D eigenvalue weighted by Crippen LogP contribution is 2.51. The quantitative estimate of drug-likeness (QED) is 0.0408. The molecule has 3 N–H and O–H groups in total. The zero-order chi connectivity index (χ0) is 49.5. The second-order valence-corrected chi connectivity index (χ2v) is 20.5. The number of nitrogens with zero attached hydrogens (tertiary/aromatic N) is 3. The fourth-order valence-corrected chi connectivity index (χ4v) is 9.30. The van der Waals surface area contributed by atoms with Gasteiger partial charge < -0.3 is 33.1 Å². The van der Waals surface area contributed by atoms with Gasteiger partial charge in [-0.2, -0.15) is 25.3 Å². The molecule has 4 aliphatic rings. The van der Waals surface area contributed by atoms with Crippen molar-refractivity contribution in [2.24, 2.45) is 0 Å². The number of hydroxylamine groups is 2. The van der Waals surface area contributed by atoms with Gasteiger partial charge in [0, 0.05) is 54.2 Å². The molecule has 1 atom stereocenters. The standard InChI is InChI=1S/C44H57N3O18S3/c1-3-45(18-6-30-67(54,55)56)34-9-11-36-33(15-21-64-39(36)31-34)7-4-8-40-44(2,17-5-29-66(51,52)53)37-32-35(68(57,58)59)10-12-38(37)46(40)19-22-61-24-26-63-28-27-62-25-23-60-20-16-43(50)65-47-41(48)13-14-42(47)49/h4,7-12,15,21,31-32H,3,5-6,13-14,16-20,22-30H2,1-2H3,(H2-,51,52,53,54,55,56,57,58,59)/p+1. The van der Waals surface area contributed by atoms with Crippen molar-refractivity contribution < 1.29 is 81.5 Å². The van der Waals surface area contributed by atoms with Crippen molar-refractivity contribution in [2.45, 2.75) is 62.7 Å². The smallest absolute Gasteiger partial charge is 0.335 e. The molecule has 1 unspecified atom stereocenters. The second kappa shape index (κ2) is 24.6. The van der Waals surface area contributed by atoms with E-state index in [2.05, 4.69) is 0 Å². The van der Waals surface area contributed by atoms with Gasteiger partial charge in [-0.3, -0.25) is 23.2 Å². The maximum Gasteiger partial charge on any atom is 0.335 e. The monoisotopic (exact) mass is 1010 g/mol. The van der Waals surface area contributed by atoms with Crippen LogP contribution in [0.2, 0.25) is 0 Å². The molecule has 0 aromatic heterocycles. The van der Waals surface area contributed by atoms with Crippen LogP contribution in [0.1, 0.15) is 63.5 Å². The van der Waals surface area contributed by atoms with Gasteiger partial charge in [0.1, 0.15) is 18.8 Å². The molecular formula is C44H58N3O18S3+. The Morgan fingerprint density at radius 3 is 2.04 bits per heavy atom. The lowest BCUT2D eigenvalue weighted by molar-refractivity contribution is -0.198. The van der Waals surface area contributed by atoms with E-state index < -0.39 is 59.3 Å². The van der Waals surface area contributed by atoms with Crippen LogP contribution in [0, 0.1) is 0 Å². The summed E-state index contributed by atoms with van der Waals surface area (Å²) in [5.74, 6) is -2.22. The first-order valence-corrected chi connectivity index (χ1v) is 26.5. The third kappa shape index (κ3) is 15.8. The first kappa shape index (κ1) is 54.1. The van der Waals surface area contributed by atoms with Crippen molar-refractivity contribution in [3.05, 3.63) is 83.1 Å². The normalized spacial score (nSPS) is 17.8. The number of hydrogen-bond acceptors (Lipinski definition) is 16. The Hall–Kier alpha value is -4.89. The maximum absolute atomic E-state index is 12.3. The van der Waals surface area contributed by atoms with Crippen molar-refractivity contribution in [1.82, 2.24) is 9.64 Å². The number of carbonyl (C=O) groups excluding carboxylic acids is 3. The molecule has 5 rings (SSSR count). The molecule has 1 fully saturated rings. The number of ether oxygens (including phenoxy) is 4.